The van der Waals surface area contributed by atoms with Gasteiger partial charge in [-0.3, -0.25) is 29.8 Å². The van der Waals surface area contributed by atoms with E-state index in [2.05, 4.69) is 0 Å². The van der Waals surface area contributed by atoms with Gasteiger partial charge in [-0.1, -0.05) is 0 Å². The van der Waals surface area contributed by atoms with Crippen molar-refractivity contribution in [2.45, 2.75) is 20.0 Å². The quantitative estimate of drug-likeness (QED) is 0.201. The molecule has 0 aromatic heterocycles. The van der Waals surface area contributed by atoms with Crippen LogP contribution in [-0.4, -0.2) is 49.2 Å². The van der Waals surface area contributed by atoms with Crippen LogP contribution < -0.4 is 29.6 Å². The van der Waals surface area contributed by atoms with E-state index in [0.29, 0.717) is 0 Å². The van der Waals surface area contributed by atoms with Gasteiger partial charge in [-0.25, -0.2) is 4.79 Å². The summed E-state index contributed by atoms with van der Waals surface area (Å²) < 4.78 is 0. The van der Waals surface area contributed by atoms with Crippen LogP contribution in [0.15, 0.2) is 0 Å². The van der Waals surface area contributed by atoms with Crippen molar-refractivity contribution in [2.24, 2.45) is 0 Å². The second-order valence-corrected chi connectivity index (χ2v) is 2.32. The summed E-state index contributed by atoms with van der Waals surface area (Å²) in [6, 6.07) is 0. The van der Waals surface area contributed by atoms with Crippen molar-refractivity contribution in [3.8, 4) is 0 Å². The molecule has 0 aliphatic carbocycles. The van der Waals surface area contributed by atoms with Crippen molar-refractivity contribution in [2.75, 3.05) is 0 Å². The van der Waals surface area contributed by atoms with E-state index in [4.69, 9.17) is 24.9 Å². The van der Waals surface area contributed by atoms with Crippen LogP contribution in [-0.2, 0) is 14.4 Å². The van der Waals surface area contributed by atoms with E-state index in [1.54, 1.807) is 0 Å². The molecule has 13 heteroatoms. The van der Waals surface area contributed by atoms with Gasteiger partial charge in [-0.2, -0.15) is 0 Å². The summed E-state index contributed by atoms with van der Waals surface area (Å²) >= 11 is 0. The van der Waals surface area contributed by atoms with Crippen LogP contribution >= 0.6 is 0 Å². The Morgan fingerprint density at radius 2 is 1.11 bits per heavy atom. The zero-order chi connectivity index (χ0) is 15.5. The number of rotatable bonds is 3. The molecule has 0 aliphatic heterocycles. The molecule has 0 unspecified atom stereocenters. The van der Waals surface area contributed by atoms with E-state index >= 15 is 0 Å². The van der Waals surface area contributed by atoms with Gasteiger partial charge in [0, 0.05) is 13.8 Å². The smallest absolute Gasteiger partial charge is 1.00 e. The van der Waals surface area contributed by atoms with Gasteiger partial charge in [0.1, 0.15) is 9.85 Å². The number of carbonyl (C=O) groups is 3. The fourth-order valence-electron chi connectivity index (χ4n) is 0.257. The van der Waals surface area contributed by atoms with Gasteiger partial charge in [0.25, 0.3) is 11.9 Å². The second kappa shape index (κ2) is 14.3. The first-order chi connectivity index (χ1) is 7.93. The molecule has 3 N–H and O–H groups in total. The molecule has 0 radical (unpaired) electrons. The number of hydrogen-bond donors (Lipinski definition) is 3. The number of carboxylic acid groups (broad SMARTS) is 3. The van der Waals surface area contributed by atoms with Crippen LogP contribution in [0.25, 0.3) is 0 Å². The van der Waals surface area contributed by atoms with Gasteiger partial charge < -0.3 is 16.7 Å². The number of hydrogen-bond acceptors (Lipinski definition) is 7. The number of nitro groups is 2. The fraction of sp³-hybridized carbons (Fsp3) is 0.500. The van der Waals surface area contributed by atoms with E-state index < -0.39 is 33.9 Å². The molecule has 0 saturated heterocycles. The standard InChI is InChI=1S/C2H2N2O6.2C2H4O2.Na.H/c5-2(6)1(3(7)8)4(9)10;2*1-2(3)4;;/h1H,(H,5,6);2*1H3,(H,3,4);;/q;;;+1;-1. The topological polar surface area (TPSA) is 198 Å². The van der Waals surface area contributed by atoms with Gasteiger partial charge in [-0.05, 0) is 0 Å². The summed E-state index contributed by atoms with van der Waals surface area (Å²) in [4.78, 5) is 43.9. The van der Waals surface area contributed by atoms with Crippen LogP contribution in [0.5, 0.6) is 0 Å². The predicted molar refractivity (Wildman–Crippen MR) is 53.1 cm³/mol. The van der Waals surface area contributed by atoms with Crippen molar-refractivity contribution >= 4 is 17.9 Å². The Morgan fingerprint density at radius 1 is 0.947 bits per heavy atom. The summed E-state index contributed by atoms with van der Waals surface area (Å²) in [5.41, 5.74) is 0. The maximum absolute atomic E-state index is 9.70. The molecule has 0 aromatic rings. The van der Waals surface area contributed by atoms with E-state index in [0.717, 1.165) is 13.8 Å². The Bertz CT molecular complexity index is 295. The van der Waals surface area contributed by atoms with Crippen LogP contribution in [0.2, 0.25) is 0 Å². The van der Waals surface area contributed by atoms with E-state index in [9.17, 15) is 25.0 Å². The number of aliphatic carboxylic acids is 3. The maximum Gasteiger partial charge on any atom is 1.00 e. The molecule has 0 spiro atoms. The first-order valence-electron chi connectivity index (χ1n) is 3.82. The molecule has 0 heterocycles. The van der Waals surface area contributed by atoms with E-state index in [1.807, 2.05) is 0 Å². The van der Waals surface area contributed by atoms with Crippen LogP contribution in [0.4, 0.5) is 0 Å². The van der Waals surface area contributed by atoms with Gasteiger partial charge in [0.15, 0.2) is 0 Å². The molecule has 0 rings (SSSR count). The normalized spacial score (nSPS) is 7.53. The third-order valence-electron chi connectivity index (χ3n) is 0.620. The summed E-state index contributed by atoms with van der Waals surface area (Å²) in [5, 5.41) is 41.8. The largest absolute Gasteiger partial charge is 1.00 e. The molecule has 0 atom stereocenters. The average Bonchev–Trinajstić information content (AvgIpc) is 1.96. The molecular formula is C6H11N2NaO10. The molecule has 12 nitrogen and oxygen atoms in total. The molecule has 19 heavy (non-hydrogen) atoms. The minimum atomic E-state index is -2.75. The summed E-state index contributed by atoms with van der Waals surface area (Å²) in [6.45, 7) is 2.17. The monoisotopic (exact) mass is 294 g/mol. The Morgan fingerprint density at radius 3 is 1.11 bits per heavy atom. The molecule has 0 aliphatic rings. The first-order valence-corrected chi connectivity index (χ1v) is 3.82. The number of nitrogens with zero attached hydrogens (tertiary/aromatic N) is 2. The Balaban J connectivity index is -0.0000000637. The Labute approximate surface area is 129 Å². The molecular weight excluding hydrogens is 283 g/mol. The van der Waals surface area contributed by atoms with Crippen molar-refractivity contribution in [1.29, 1.82) is 0 Å². The molecule has 106 valence electrons. The Hall–Kier alpha value is -1.79. The zero-order valence-electron chi connectivity index (χ0n) is 11.2. The summed E-state index contributed by atoms with van der Waals surface area (Å²) in [7, 11) is 0. The molecule has 0 amide bonds. The molecule has 0 saturated carbocycles. The minimum Gasteiger partial charge on any atom is -1.00 e. The van der Waals surface area contributed by atoms with Crippen LogP contribution in [0.3, 0.4) is 0 Å². The van der Waals surface area contributed by atoms with Gasteiger partial charge in [0.2, 0.25) is 0 Å². The predicted octanol–water partition coefficient (Wildman–Crippen LogP) is -3.75. The zero-order valence-corrected chi connectivity index (χ0v) is 12.2. The minimum absolute atomic E-state index is 0. The van der Waals surface area contributed by atoms with Gasteiger partial charge >= 0.3 is 41.7 Å². The van der Waals surface area contributed by atoms with Gasteiger partial charge in [0.05, 0.1) is 0 Å². The van der Waals surface area contributed by atoms with E-state index in [1.165, 1.54) is 0 Å². The molecule has 0 aromatic carbocycles. The first kappa shape index (κ1) is 25.9. The van der Waals surface area contributed by atoms with Gasteiger partial charge in [-0.15, -0.1) is 0 Å². The maximum atomic E-state index is 9.70. The fourth-order valence-corrected chi connectivity index (χ4v) is 0.257. The third kappa shape index (κ3) is 31.4. The molecule has 0 fully saturated rings. The van der Waals surface area contributed by atoms with E-state index in [-0.39, 0.29) is 31.0 Å². The van der Waals surface area contributed by atoms with Crippen molar-refractivity contribution in [3.63, 3.8) is 0 Å². The van der Waals surface area contributed by atoms with Crippen molar-refractivity contribution < 1.29 is 70.5 Å². The average molecular weight is 294 g/mol. The Kier molecular flexibility index (Phi) is 19.5. The van der Waals surface area contributed by atoms with Crippen LogP contribution in [0, 0.1) is 20.2 Å². The SMILES string of the molecule is CC(=O)O.CC(=O)O.O=C(O)C([N+](=O)[O-])[N+](=O)[O-].[H-].[Na+]. The summed E-state index contributed by atoms with van der Waals surface area (Å²) in [6.07, 6.45) is -2.75. The van der Waals surface area contributed by atoms with Crippen molar-refractivity contribution in [3.05, 3.63) is 20.2 Å². The third-order valence-corrected chi connectivity index (χ3v) is 0.620. The van der Waals surface area contributed by atoms with Crippen molar-refractivity contribution in [1.82, 2.24) is 0 Å². The number of carboxylic acids is 3. The summed E-state index contributed by atoms with van der Waals surface area (Å²) in [5.74, 6) is -3.74. The molecule has 0 bridgehead atoms. The second-order valence-electron chi connectivity index (χ2n) is 2.32. The van der Waals surface area contributed by atoms with Crippen LogP contribution in [0.1, 0.15) is 15.3 Å².